The van der Waals surface area contributed by atoms with Crippen LogP contribution in [-0.2, 0) is 6.54 Å². The van der Waals surface area contributed by atoms with Gasteiger partial charge in [-0.15, -0.1) is 0 Å². The monoisotopic (exact) mass is 263 g/mol. The third kappa shape index (κ3) is 3.34. The van der Waals surface area contributed by atoms with E-state index in [0.717, 1.165) is 5.56 Å². The molecule has 3 N–H and O–H groups in total. The molecule has 0 heterocycles. The van der Waals surface area contributed by atoms with Crippen LogP contribution in [0, 0.1) is 0 Å². The average Bonchev–Trinajstić information content (AvgIpc) is 2.31. The van der Waals surface area contributed by atoms with Crippen molar-refractivity contribution in [3.63, 3.8) is 0 Å². The molecular formula is C11H15Cl2NO2. The van der Waals surface area contributed by atoms with Crippen molar-refractivity contribution in [2.75, 3.05) is 13.2 Å². The number of benzene rings is 1. The molecule has 1 rings (SSSR count). The molecule has 0 aliphatic rings. The smallest absolute Gasteiger partial charge is 0.0637 e. The first-order valence-corrected chi connectivity index (χ1v) is 5.67. The van der Waals surface area contributed by atoms with Gasteiger partial charge in [0, 0.05) is 6.54 Å². The number of rotatable bonds is 5. The SMILES string of the molecule is CC(CO)(CO)NCc1cccc(Cl)c1Cl. The van der Waals surface area contributed by atoms with Gasteiger partial charge in [0.05, 0.1) is 28.8 Å². The standard InChI is InChI=1S/C11H15Cl2NO2/c1-11(6-15,7-16)14-5-8-3-2-4-9(12)10(8)13/h2-4,14-16H,5-7H2,1H3. The first-order valence-electron chi connectivity index (χ1n) is 4.92. The summed E-state index contributed by atoms with van der Waals surface area (Å²) < 4.78 is 0. The third-order valence-corrected chi connectivity index (χ3v) is 3.29. The van der Waals surface area contributed by atoms with Crippen molar-refractivity contribution in [3.8, 4) is 0 Å². The van der Waals surface area contributed by atoms with Crippen molar-refractivity contribution >= 4 is 23.2 Å². The largest absolute Gasteiger partial charge is 0.394 e. The first-order chi connectivity index (χ1) is 7.52. The summed E-state index contributed by atoms with van der Waals surface area (Å²) in [6.45, 7) is 1.87. The maximum atomic E-state index is 9.11. The molecular weight excluding hydrogens is 249 g/mol. The molecule has 5 heteroatoms. The summed E-state index contributed by atoms with van der Waals surface area (Å²) in [6, 6.07) is 5.36. The van der Waals surface area contributed by atoms with Gasteiger partial charge in [-0.05, 0) is 18.6 Å². The summed E-state index contributed by atoms with van der Waals surface area (Å²) in [5.74, 6) is 0. The molecule has 3 nitrogen and oxygen atoms in total. The Hall–Kier alpha value is -0.320. The van der Waals surface area contributed by atoms with Gasteiger partial charge in [0.2, 0.25) is 0 Å². The maximum Gasteiger partial charge on any atom is 0.0637 e. The van der Waals surface area contributed by atoms with E-state index in [9.17, 15) is 0 Å². The summed E-state index contributed by atoms with van der Waals surface area (Å²) in [4.78, 5) is 0. The number of hydrogen-bond donors (Lipinski definition) is 3. The Bertz CT molecular complexity index is 354. The predicted molar refractivity (Wildman–Crippen MR) is 65.9 cm³/mol. The quantitative estimate of drug-likeness (QED) is 0.760. The lowest BCUT2D eigenvalue weighted by Crippen LogP contribution is -2.48. The highest BCUT2D eigenvalue weighted by molar-refractivity contribution is 6.42. The fraction of sp³-hybridized carbons (Fsp3) is 0.455. The van der Waals surface area contributed by atoms with E-state index >= 15 is 0 Å². The second-order valence-corrected chi connectivity index (χ2v) is 4.73. The lowest BCUT2D eigenvalue weighted by Gasteiger charge is -2.26. The van der Waals surface area contributed by atoms with Crippen molar-refractivity contribution in [3.05, 3.63) is 33.8 Å². The van der Waals surface area contributed by atoms with Crippen molar-refractivity contribution in [1.29, 1.82) is 0 Å². The van der Waals surface area contributed by atoms with Crippen LogP contribution in [0.4, 0.5) is 0 Å². The normalized spacial score (nSPS) is 11.8. The Morgan fingerprint density at radius 1 is 1.25 bits per heavy atom. The predicted octanol–water partition coefficient (Wildman–Crippen LogP) is 1.83. The highest BCUT2D eigenvalue weighted by Gasteiger charge is 2.21. The van der Waals surface area contributed by atoms with E-state index < -0.39 is 5.54 Å². The van der Waals surface area contributed by atoms with Crippen LogP contribution in [0.25, 0.3) is 0 Å². The molecule has 90 valence electrons. The number of halogens is 2. The van der Waals surface area contributed by atoms with E-state index in [1.54, 1.807) is 19.1 Å². The molecule has 0 atom stereocenters. The second-order valence-electron chi connectivity index (χ2n) is 3.94. The zero-order chi connectivity index (χ0) is 12.2. The van der Waals surface area contributed by atoms with Crippen LogP contribution in [0.5, 0.6) is 0 Å². The summed E-state index contributed by atoms with van der Waals surface area (Å²) in [7, 11) is 0. The Labute approximate surface area is 105 Å². The number of nitrogens with one attached hydrogen (secondary N) is 1. The van der Waals surface area contributed by atoms with E-state index in [1.807, 2.05) is 6.07 Å². The Balaban J connectivity index is 2.71. The second kappa shape index (κ2) is 5.84. The van der Waals surface area contributed by atoms with Crippen LogP contribution in [0.2, 0.25) is 10.0 Å². The number of hydrogen-bond acceptors (Lipinski definition) is 3. The van der Waals surface area contributed by atoms with Crippen LogP contribution in [0.3, 0.4) is 0 Å². The zero-order valence-electron chi connectivity index (χ0n) is 9.00. The van der Waals surface area contributed by atoms with Crippen LogP contribution >= 0.6 is 23.2 Å². The topological polar surface area (TPSA) is 52.5 Å². The third-order valence-electron chi connectivity index (χ3n) is 2.44. The summed E-state index contributed by atoms with van der Waals surface area (Å²) in [5, 5.41) is 22.2. The number of aliphatic hydroxyl groups excluding tert-OH is 2. The highest BCUT2D eigenvalue weighted by Crippen LogP contribution is 2.25. The van der Waals surface area contributed by atoms with Crippen LogP contribution < -0.4 is 5.32 Å². The van der Waals surface area contributed by atoms with Gasteiger partial charge >= 0.3 is 0 Å². The van der Waals surface area contributed by atoms with Gasteiger partial charge < -0.3 is 15.5 Å². The Morgan fingerprint density at radius 3 is 2.44 bits per heavy atom. The molecule has 0 unspecified atom stereocenters. The zero-order valence-corrected chi connectivity index (χ0v) is 10.5. The summed E-state index contributed by atoms with van der Waals surface area (Å²) in [6.07, 6.45) is 0. The fourth-order valence-electron chi connectivity index (χ4n) is 1.16. The van der Waals surface area contributed by atoms with E-state index in [-0.39, 0.29) is 13.2 Å². The van der Waals surface area contributed by atoms with Crippen molar-refractivity contribution in [1.82, 2.24) is 5.32 Å². The molecule has 0 fully saturated rings. The molecule has 0 saturated carbocycles. The van der Waals surface area contributed by atoms with Crippen LogP contribution in [0.1, 0.15) is 12.5 Å². The summed E-state index contributed by atoms with van der Waals surface area (Å²) >= 11 is 11.9. The lowest BCUT2D eigenvalue weighted by molar-refractivity contribution is 0.103. The maximum absolute atomic E-state index is 9.11. The molecule has 1 aromatic rings. The minimum absolute atomic E-state index is 0.151. The van der Waals surface area contributed by atoms with Crippen molar-refractivity contribution in [2.45, 2.75) is 19.0 Å². The van der Waals surface area contributed by atoms with E-state index in [2.05, 4.69) is 5.32 Å². The molecule has 0 radical (unpaired) electrons. The minimum Gasteiger partial charge on any atom is -0.394 e. The molecule has 0 spiro atoms. The van der Waals surface area contributed by atoms with E-state index in [1.165, 1.54) is 0 Å². The Kier molecular flexibility index (Phi) is 5.02. The average molecular weight is 264 g/mol. The van der Waals surface area contributed by atoms with Crippen molar-refractivity contribution in [2.24, 2.45) is 0 Å². The number of aliphatic hydroxyl groups is 2. The van der Waals surface area contributed by atoms with Gasteiger partial charge in [0.15, 0.2) is 0 Å². The van der Waals surface area contributed by atoms with Gasteiger partial charge in [0.25, 0.3) is 0 Å². The van der Waals surface area contributed by atoms with Gasteiger partial charge in [-0.3, -0.25) is 0 Å². The fourth-order valence-corrected chi connectivity index (χ4v) is 1.54. The molecule has 0 amide bonds. The summed E-state index contributed by atoms with van der Waals surface area (Å²) in [5.41, 5.74) is 0.119. The van der Waals surface area contributed by atoms with Crippen LogP contribution in [-0.4, -0.2) is 29.0 Å². The molecule has 0 saturated heterocycles. The van der Waals surface area contributed by atoms with E-state index in [0.29, 0.717) is 16.6 Å². The minimum atomic E-state index is -0.717. The molecule has 1 aromatic carbocycles. The van der Waals surface area contributed by atoms with Gasteiger partial charge in [-0.2, -0.15) is 0 Å². The Morgan fingerprint density at radius 2 is 1.88 bits per heavy atom. The first kappa shape index (κ1) is 13.7. The molecule has 0 aliphatic heterocycles. The molecule has 0 bridgehead atoms. The molecule has 0 aliphatic carbocycles. The molecule has 16 heavy (non-hydrogen) atoms. The molecule has 0 aromatic heterocycles. The van der Waals surface area contributed by atoms with Gasteiger partial charge in [-0.25, -0.2) is 0 Å². The van der Waals surface area contributed by atoms with Gasteiger partial charge in [0.1, 0.15) is 0 Å². The van der Waals surface area contributed by atoms with Crippen LogP contribution in [0.15, 0.2) is 18.2 Å². The highest BCUT2D eigenvalue weighted by atomic mass is 35.5. The van der Waals surface area contributed by atoms with Gasteiger partial charge in [-0.1, -0.05) is 35.3 Å². The lowest BCUT2D eigenvalue weighted by atomic mass is 10.0. The van der Waals surface area contributed by atoms with E-state index in [4.69, 9.17) is 33.4 Å². The van der Waals surface area contributed by atoms with Crippen molar-refractivity contribution < 1.29 is 10.2 Å².